The first-order valence-electron chi connectivity index (χ1n) is 9.24. The number of rotatable bonds is 7. The van der Waals surface area contributed by atoms with Gasteiger partial charge in [0, 0.05) is 24.5 Å². The third-order valence-electron chi connectivity index (χ3n) is 5.10. The van der Waals surface area contributed by atoms with Crippen LogP contribution >= 0.6 is 0 Å². The fourth-order valence-corrected chi connectivity index (χ4v) is 3.88. The van der Waals surface area contributed by atoms with Crippen LogP contribution < -0.4 is 20.1 Å². The van der Waals surface area contributed by atoms with Gasteiger partial charge in [-0.05, 0) is 49.8 Å². The van der Waals surface area contributed by atoms with Gasteiger partial charge in [0.25, 0.3) is 0 Å². The summed E-state index contributed by atoms with van der Waals surface area (Å²) < 4.78 is 46.8. The Morgan fingerprint density at radius 3 is 2.56 bits per heavy atom. The lowest BCUT2D eigenvalue weighted by molar-refractivity contribution is -0.153. The molecular formula is C19H25F3N2O3. The number of hydrogen-bond acceptors (Lipinski definition) is 4. The van der Waals surface area contributed by atoms with E-state index in [1.807, 2.05) is 0 Å². The topological polar surface area (TPSA) is 59.6 Å². The number of aryl methyl sites for hydroxylation is 1. The molecule has 2 unspecified atom stereocenters. The maximum Gasteiger partial charge on any atom is 0.422 e. The summed E-state index contributed by atoms with van der Waals surface area (Å²) in [6.45, 7) is -1.37. The number of carbonyl (C=O) groups excluding carboxylic acids is 1. The van der Waals surface area contributed by atoms with Gasteiger partial charge in [-0.25, -0.2) is 0 Å². The Kier molecular flexibility index (Phi) is 6.14. The molecular weight excluding hydrogens is 361 g/mol. The van der Waals surface area contributed by atoms with Crippen LogP contribution in [-0.4, -0.2) is 43.9 Å². The lowest BCUT2D eigenvalue weighted by Crippen LogP contribution is -2.48. The number of benzene rings is 1. The van der Waals surface area contributed by atoms with Crippen LogP contribution in [0, 0.1) is 0 Å². The largest absolute Gasteiger partial charge is 0.493 e. The molecule has 1 aromatic rings. The molecule has 0 aromatic heterocycles. The number of methoxy groups -OCH3 is 1. The van der Waals surface area contributed by atoms with E-state index in [4.69, 9.17) is 9.47 Å². The van der Waals surface area contributed by atoms with Gasteiger partial charge >= 0.3 is 6.18 Å². The van der Waals surface area contributed by atoms with Crippen LogP contribution in [0.4, 0.5) is 13.2 Å². The van der Waals surface area contributed by atoms with Crippen molar-refractivity contribution in [2.75, 3.05) is 13.7 Å². The minimum atomic E-state index is -4.41. The van der Waals surface area contributed by atoms with Crippen LogP contribution in [0.1, 0.15) is 37.7 Å². The van der Waals surface area contributed by atoms with E-state index in [2.05, 4.69) is 10.6 Å². The van der Waals surface area contributed by atoms with Gasteiger partial charge in [-0.2, -0.15) is 13.2 Å². The number of hydrogen-bond donors (Lipinski definition) is 2. The Bertz CT molecular complexity index is 654. The van der Waals surface area contributed by atoms with E-state index in [0.717, 1.165) is 18.4 Å². The third-order valence-corrected chi connectivity index (χ3v) is 5.10. The predicted octanol–water partition coefficient (Wildman–Crippen LogP) is 2.97. The Hall–Kier alpha value is -1.96. The van der Waals surface area contributed by atoms with Crippen molar-refractivity contribution in [1.82, 2.24) is 10.6 Å². The molecule has 2 atom stereocenters. The summed E-state index contributed by atoms with van der Waals surface area (Å²) in [6.07, 6.45) is 0.711. The van der Waals surface area contributed by atoms with Gasteiger partial charge in [0.05, 0.1) is 7.11 Å². The van der Waals surface area contributed by atoms with Gasteiger partial charge in [-0.15, -0.1) is 0 Å². The highest BCUT2D eigenvalue weighted by atomic mass is 19.4. The highest BCUT2D eigenvalue weighted by Crippen LogP contribution is 2.30. The molecule has 150 valence electrons. The number of fused-ring (bicyclic) bond motifs is 2. The zero-order valence-electron chi connectivity index (χ0n) is 15.3. The molecule has 0 spiro atoms. The molecule has 1 aromatic carbocycles. The molecule has 2 fully saturated rings. The van der Waals surface area contributed by atoms with Crippen LogP contribution in [0.2, 0.25) is 0 Å². The molecule has 5 nitrogen and oxygen atoms in total. The van der Waals surface area contributed by atoms with E-state index in [9.17, 15) is 18.0 Å². The number of alkyl halides is 3. The summed E-state index contributed by atoms with van der Waals surface area (Å²) in [4.78, 5) is 12.2. The van der Waals surface area contributed by atoms with E-state index in [1.165, 1.54) is 26.0 Å². The van der Waals surface area contributed by atoms with Crippen molar-refractivity contribution in [3.05, 3.63) is 23.8 Å². The molecule has 27 heavy (non-hydrogen) atoms. The molecule has 2 bridgehead atoms. The molecule has 0 aliphatic carbocycles. The standard InChI is InChI=1S/C19H25F3N2O3/c1-26-17-8-12(2-6-16(17)27-11-19(20,21)22)3-7-18(25)24-15-9-13-4-5-14(10-15)23-13/h2,6,8,13-15,23H,3-5,7,9-11H2,1H3,(H,24,25). The van der Waals surface area contributed by atoms with Gasteiger partial charge in [0.1, 0.15) is 0 Å². The minimum Gasteiger partial charge on any atom is -0.493 e. The van der Waals surface area contributed by atoms with Crippen molar-refractivity contribution < 1.29 is 27.4 Å². The van der Waals surface area contributed by atoms with Crippen molar-refractivity contribution in [2.24, 2.45) is 0 Å². The van der Waals surface area contributed by atoms with Crippen molar-refractivity contribution in [3.8, 4) is 11.5 Å². The molecule has 1 amide bonds. The van der Waals surface area contributed by atoms with Crippen LogP contribution in [-0.2, 0) is 11.2 Å². The van der Waals surface area contributed by atoms with Gasteiger partial charge < -0.3 is 20.1 Å². The Morgan fingerprint density at radius 1 is 1.22 bits per heavy atom. The summed E-state index contributed by atoms with van der Waals surface area (Å²) in [5, 5.41) is 6.65. The predicted molar refractivity (Wildman–Crippen MR) is 94.0 cm³/mol. The number of amides is 1. The first kappa shape index (κ1) is 19.8. The number of carbonyl (C=O) groups is 1. The molecule has 2 saturated heterocycles. The first-order chi connectivity index (χ1) is 12.8. The van der Waals surface area contributed by atoms with Crippen molar-refractivity contribution in [1.29, 1.82) is 0 Å². The second-order valence-corrected chi connectivity index (χ2v) is 7.26. The van der Waals surface area contributed by atoms with Gasteiger partial charge in [-0.3, -0.25) is 4.79 Å². The number of piperidine rings is 1. The quantitative estimate of drug-likeness (QED) is 0.757. The molecule has 8 heteroatoms. The monoisotopic (exact) mass is 386 g/mol. The fraction of sp³-hybridized carbons (Fsp3) is 0.632. The lowest BCUT2D eigenvalue weighted by Gasteiger charge is -2.29. The molecule has 0 saturated carbocycles. The molecule has 0 radical (unpaired) electrons. The average molecular weight is 386 g/mol. The van der Waals surface area contributed by atoms with Crippen LogP contribution in [0.15, 0.2) is 18.2 Å². The second-order valence-electron chi connectivity index (χ2n) is 7.26. The molecule has 2 N–H and O–H groups in total. The average Bonchev–Trinajstić information content (AvgIpc) is 2.96. The zero-order chi connectivity index (χ0) is 19.4. The summed E-state index contributed by atoms with van der Waals surface area (Å²) in [6, 6.07) is 5.98. The second kappa shape index (κ2) is 8.37. The minimum absolute atomic E-state index is 0.00216. The van der Waals surface area contributed by atoms with Gasteiger partial charge in [-0.1, -0.05) is 6.07 Å². The van der Waals surface area contributed by atoms with E-state index in [1.54, 1.807) is 12.1 Å². The summed E-state index contributed by atoms with van der Waals surface area (Å²) in [7, 11) is 1.37. The van der Waals surface area contributed by atoms with Crippen molar-refractivity contribution in [2.45, 2.75) is 62.8 Å². The van der Waals surface area contributed by atoms with Gasteiger partial charge in [0.15, 0.2) is 18.1 Å². The number of nitrogens with one attached hydrogen (secondary N) is 2. The van der Waals surface area contributed by atoms with E-state index < -0.39 is 12.8 Å². The highest BCUT2D eigenvalue weighted by molar-refractivity contribution is 5.76. The molecule has 2 heterocycles. The maximum absolute atomic E-state index is 12.3. The van der Waals surface area contributed by atoms with E-state index >= 15 is 0 Å². The van der Waals surface area contributed by atoms with E-state index in [0.29, 0.717) is 24.9 Å². The normalized spacial score (nSPS) is 24.5. The molecule has 3 rings (SSSR count). The highest BCUT2D eigenvalue weighted by Gasteiger charge is 2.34. The van der Waals surface area contributed by atoms with Crippen molar-refractivity contribution >= 4 is 5.91 Å². The first-order valence-corrected chi connectivity index (χ1v) is 9.24. The van der Waals surface area contributed by atoms with Crippen LogP contribution in [0.3, 0.4) is 0 Å². The SMILES string of the molecule is COc1cc(CCC(=O)NC2CC3CCC(C2)N3)ccc1OCC(F)(F)F. The van der Waals surface area contributed by atoms with Gasteiger partial charge in [0.2, 0.25) is 5.91 Å². The summed E-state index contributed by atoms with van der Waals surface area (Å²) >= 11 is 0. The maximum atomic E-state index is 12.3. The number of ether oxygens (including phenoxy) is 2. The summed E-state index contributed by atoms with van der Waals surface area (Å²) in [5.74, 6) is 0.262. The Morgan fingerprint density at radius 2 is 1.93 bits per heavy atom. The van der Waals surface area contributed by atoms with Crippen molar-refractivity contribution in [3.63, 3.8) is 0 Å². The summed E-state index contributed by atoms with van der Waals surface area (Å²) in [5.41, 5.74) is 0.812. The smallest absolute Gasteiger partial charge is 0.422 e. The van der Waals surface area contributed by atoms with E-state index in [-0.39, 0.29) is 23.4 Å². The molecule has 2 aliphatic heterocycles. The molecule has 2 aliphatic rings. The third kappa shape index (κ3) is 5.76. The van der Waals surface area contributed by atoms with Crippen LogP contribution in [0.25, 0.3) is 0 Å². The number of halogens is 3. The zero-order valence-corrected chi connectivity index (χ0v) is 15.3. The Labute approximate surface area is 156 Å². The van der Waals surface area contributed by atoms with Crippen LogP contribution in [0.5, 0.6) is 11.5 Å². The fourth-order valence-electron chi connectivity index (χ4n) is 3.88. The lowest BCUT2D eigenvalue weighted by atomic mass is 9.99. The Balaban J connectivity index is 1.49.